The third kappa shape index (κ3) is 1.56. The first-order chi connectivity index (χ1) is 5.54. The van der Waals surface area contributed by atoms with Crippen LogP contribution in [-0.4, -0.2) is 16.1 Å². The Balaban J connectivity index is 3.36. The lowest BCUT2D eigenvalue weighted by Gasteiger charge is -1.99. The van der Waals surface area contributed by atoms with Crippen molar-refractivity contribution in [3.8, 4) is 0 Å². The fraction of sp³-hybridized carbons (Fsp3) is 0. The quantitative estimate of drug-likeness (QED) is 0.837. The summed E-state index contributed by atoms with van der Waals surface area (Å²) in [6.07, 6.45) is 0.791. The minimum atomic E-state index is -1.29. The Hall–Kier alpha value is -0.680. The number of nitrogens with zero attached hydrogens (tertiary/aromatic N) is 1. The van der Waals surface area contributed by atoms with Crippen LogP contribution in [0.25, 0.3) is 0 Å². The van der Waals surface area contributed by atoms with Crippen LogP contribution in [0.2, 0.25) is 5.02 Å². The number of carboxylic acid groups (broad SMARTS) is 1. The molecule has 0 saturated heterocycles. The summed E-state index contributed by atoms with van der Waals surface area (Å²) in [5.74, 6) is -1.98. The fourth-order valence-electron chi connectivity index (χ4n) is 0.592. The van der Waals surface area contributed by atoms with Crippen LogP contribution in [0.5, 0.6) is 0 Å². The first kappa shape index (κ1) is 9.41. The van der Waals surface area contributed by atoms with Crippen molar-refractivity contribution in [2.75, 3.05) is 0 Å². The highest BCUT2D eigenvalue weighted by atomic mass is 79.9. The van der Waals surface area contributed by atoms with Crippen molar-refractivity contribution >= 4 is 33.5 Å². The van der Waals surface area contributed by atoms with Crippen LogP contribution in [0.3, 0.4) is 0 Å². The number of aromatic carboxylic acids is 1. The predicted octanol–water partition coefficient (Wildman–Crippen LogP) is 2.33. The highest BCUT2D eigenvalue weighted by Gasteiger charge is 2.15. The van der Waals surface area contributed by atoms with Gasteiger partial charge in [0, 0.05) is 0 Å². The summed E-state index contributed by atoms with van der Waals surface area (Å²) in [4.78, 5) is 13.7. The van der Waals surface area contributed by atoms with Crippen LogP contribution in [0.15, 0.2) is 10.7 Å². The van der Waals surface area contributed by atoms with Gasteiger partial charge in [-0.15, -0.1) is 0 Å². The molecule has 64 valence electrons. The van der Waals surface area contributed by atoms with E-state index < -0.39 is 11.8 Å². The minimum absolute atomic E-state index is 0.0865. The van der Waals surface area contributed by atoms with E-state index in [0.717, 1.165) is 6.20 Å². The maximum absolute atomic E-state index is 12.6. The summed E-state index contributed by atoms with van der Waals surface area (Å²) in [7, 11) is 0. The molecule has 0 aromatic carbocycles. The Morgan fingerprint density at radius 3 is 2.83 bits per heavy atom. The van der Waals surface area contributed by atoms with Crippen LogP contribution in [0.4, 0.5) is 4.39 Å². The number of hydrogen-bond acceptors (Lipinski definition) is 2. The van der Waals surface area contributed by atoms with Crippen LogP contribution in [-0.2, 0) is 0 Å². The van der Waals surface area contributed by atoms with Crippen molar-refractivity contribution in [1.82, 2.24) is 4.98 Å². The number of aromatic nitrogens is 1. The molecular formula is C6H2BrClFNO2. The van der Waals surface area contributed by atoms with Crippen molar-refractivity contribution in [2.45, 2.75) is 0 Å². The van der Waals surface area contributed by atoms with E-state index in [-0.39, 0.29) is 15.2 Å². The smallest absolute Gasteiger partial charge is 0.356 e. The van der Waals surface area contributed by atoms with Crippen molar-refractivity contribution in [2.24, 2.45) is 0 Å². The van der Waals surface area contributed by atoms with E-state index in [4.69, 9.17) is 16.7 Å². The van der Waals surface area contributed by atoms with Crippen molar-refractivity contribution in [3.05, 3.63) is 27.2 Å². The molecule has 0 spiro atoms. The number of rotatable bonds is 1. The average Bonchev–Trinajstić information content (AvgIpc) is 2.00. The van der Waals surface area contributed by atoms with E-state index in [1.54, 1.807) is 0 Å². The highest BCUT2D eigenvalue weighted by Crippen LogP contribution is 2.27. The molecule has 1 rings (SSSR count). The van der Waals surface area contributed by atoms with Crippen LogP contribution >= 0.6 is 27.5 Å². The summed E-state index contributed by atoms with van der Waals surface area (Å²) < 4.78 is 12.5. The van der Waals surface area contributed by atoms with Gasteiger partial charge in [-0.25, -0.2) is 14.2 Å². The molecular weight excluding hydrogens is 252 g/mol. The van der Waals surface area contributed by atoms with E-state index in [2.05, 4.69) is 20.9 Å². The molecule has 0 aliphatic heterocycles. The first-order valence-corrected chi connectivity index (χ1v) is 3.94. The lowest BCUT2D eigenvalue weighted by Crippen LogP contribution is -2.02. The highest BCUT2D eigenvalue weighted by molar-refractivity contribution is 9.10. The van der Waals surface area contributed by atoms with E-state index in [9.17, 15) is 9.18 Å². The topological polar surface area (TPSA) is 50.2 Å². The van der Waals surface area contributed by atoms with Gasteiger partial charge in [-0.3, -0.25) is 0 Å². The van der Waals surface area contributed by atoms with Crippen LogP contribution < -0.4 is 0 Å². The van der Waals surface area contributed by atoms with Gasteiger partial charge in [0.15, 0.2) is 11.5 Å². The molecule has 0 bridgehead atoms. The van der Waals surface area contributed by atoms with Gasteiger partial charge in [-0.05, 0) is 15.9 Å². The van der Waals surface area contributed by atoms with E-state index in [1.165, 1.54) is 0 Å². The summed E-state index contributed by atoms with van der Waals surface area (Å²) >= 11 is 8.25. The van der Waals surface area contributed by atoms with Crippen LogP contribution in [0.1, 0.15) is 10.5 Å². The molecule has 0 unspecified atom stereocenters. The van der Waals surface area contributed by atoms with E-state index >= 15 is 0 Å². The Morgan fingerprint density at radius 1 is 1.75 bits per heavy atom. The van der Waals surface area contributed by atoms with Gasteiger partial charge >= 0.3 is 5.97 Å². The van der Waals surface area contributed by atoms with Crippen molar-refractivity contribution in [3.63, 3.8) is 0 Å². The molecule has 0 atom stereocenters. The molecule has 3 nitrogen and oxygen atoms in total. The maximum atomic E-state index is 12.6. The molecule has 1 aromatic rings. The Kier molecular flexibility index (Phi) is 2.64. The number of carbonyl (C=O) groups is 1. The Morgan fingerprint density at radius 2 is 2.33 bits per heavy atom. The predicted molar refractivity (Wildman–Crippen MR) is 43.9 cm³/mol. The van der Waals surface area contributed by atoms with Crippen LogP contribution in [0, 0.1) is 5.82 Å². The number of halogens is 3. The Labute approximate surface area is 80.3 Å². The number of hydrogen-bond donors (Lipinski definition) is 1. The summed E-state index contributed by atoms with van der Waals surface area (Å²) in [6, 6.07) is 0. The first-order valence-electron chi connectivity index (χ1n) is 2.77. The third-order valence-corrected chi connectivity index (χ3v) is 2.49. The normalized spacial score (nSPS) is 9.92. The largest absolute Gasteiger partial charge is 0.476 e. The summed E-state index contributed by atoms with van der Waals surface area (Å²) in [5, 5.41) is 8.26. The lowest BCUT2D eigenvalue weighted by atomic mass is 10.3. The van der Waals surface area contributed by atoms with Gasteiger partial charge in [-0.2, -0.15) is 0 Å². The fourth-order valence-corrected chi connectivity index (χ4v) is 1.10. The average molecular weight is 254 g/mol. The van der Waals surface area contributed by atoms with Gasteiger partial charge in [0.25, 0.3) is 0 Å². The zero-order valence-corrected chi connectivity index (χ0v) is 7.86. The zero-order chi connectivity index (χ0) is 9.30. The molecule has 0 fully saturated rings. The van der Waals surface area contributed by atoms with Gasteiger partial charge in [0.1, 0.15) is 0 Å². The second-order valence-electron chi connectivity index (χ2n) is 1.89. The van der Waals surface area contributed by atoms with E-state index in [0.29, 0.717) is 0 Å². The summed E-state index contributed by atoms with van der Waals surface area (Å²) in [5.41, 5.74) is -0.370. The van der Waals surface area contributed by atoms with Gasteiger partial charge in [0.05, 0.1) is 15.7 Å². The molecule has 0 aliphatic carbocycles. The minimum Gasteiger partial charge on any atom is -0.476 e. The zero-order valence-electron chi connectivity index (χ0n) is 5.51. The standard InChI is InChI=1S/C6H2BrClFNO2/c7-3-2(9)1-10-5(4(3)8)6(11)12/h1H,(H,11,12). The van der Waals surface area contributed by atoms with Crippen molar-refractivity contribution < 1.29 is 14.3 Å². The molecule has 0 radical (unpaired) electrons. The molecule has 0 aliphatic rings. The lowest BCUT2D eigenvalue weighted by molar-refractivity contribution is 0.0690. The SMILES string of the molecule is O=C(O)c1ncc(F)c(Br)c1Cl. The van der Waals surface area contributed by atoms with Gasteiger partial charge in [-0.1, -0.05) is 11.6 Å². The number of pyridine rings is 1. The van der Waals surface area contributed by atoms with Gasteiger partial charge in [0.2, 0.25) is 0 Å². The molecule has 12 heavy (non-hydrogen) atoms. The maximum Gasteiger partial charge on any atom is 0.356 e. The molecule has 1 aromatic heterocycles. The van der Waals surface area contributed by atoms with Crippen molar-refractivity contribution in [1.29, 1.82) is 0 Å². The number of carboxylic acids is 1. The van der Waals surface area contributed by atoms with E-state index in [1.807, 2.05) is 0 Å². The summed E-state index contributed by atoms with van der Waals surface area (Å²) in [6.45, 7) is 0. The molecule has 0 amide bonds. The molecule has 1 N–H and O–H groups in total. The Bertz CT molecular complexity index is 345. The second-order valence-corrected chi connectivity index (χ2v) is 3.06. The van der Waals surface area contributed by atoms with Gasteiger partial charge < -0.3 is 5.11 Å². The molecule has 0 saturated carbocycles. The second kappa shape index (κ2) is 3.37. The third-order valence-electron chi connectivity index (χ3n) is 1.12. The molecule has 6 heteroatoms. The molecule has 1 heterocycles. The monoisotopic (exact) mass is 253 g/mol.